The van der Waals surface area contributed by atoms with Gasteiger partial charge < -0.3 is 26.2 Å². The van der Waals surface area contributed by atoms with Crippen molar-refractivity contribution in [2.75, 3.05) is 6.54 Å². The van der Waals surface area contributed by atoms with E-state index in [4.69, 9.17) is 10.5 Å². The van der Waals surface area contributed by atoms with E-state index in [2.05, 4.69) is 10.6 Å². The summed E-state index contributed by atoms with van der Waals surface area (Å²) < 4.78 is 5.17. The smallest absolute Gasteiger partial charge is 0.408 e. The van der Waals surface area contributed by atoms with E-state index in [1.54, 1.807) is 20.8 Å². The van der Waals surface area contributed by atoms with Crippen molar-refractivity contribution in [3.05, 3.63) is 0 Å². The first-order valence-electron chi connectivity index (χ1n) is 8.69. The molecule has 0 rings (SSSR count). The van der Waals surface area contributed by atoms with Gasteiger partial charge in [0.2, 0.25) is 5.91 Å². The highest BCUT2D eigenvalue weighted by Crippen LogP contribution is 2.10. The molecule has 8 heteroatoms. The fraction of sp³-hybridized carbons (Fsp3) is 0.824. The van der Waals surface area contributed by atoms with Gasteiger partial charge in [0.25, 0.3) is 0 Å². The molecule has 146 valence electrons. The normalized spacial score (nSPS) is 13.9. The van der Waals surface area contributed by atoms with Crippen molar-refractivity contribution in [3.8, 4) is 0 Å². The number of unbranched alkanes of at least 4 members (excludes halogenated alkanes) is 1. The molecule has 0 aliphatic carbocycles. The first kappa shape index (κ1) is 23.2. The Balaban J connectivity index is 4.90. The van der Waals surface area contributed by atoms with Crippen LogP contribution >= 0.6 is 0 Å². The molecule has 8 nitrogen and oxygen atoms in total. The van der Waals surface area contributed by atoms with Crippen LogP contribution in [-0.2, 0) is 14.3 Å². The average molecular weight is 359 g/mol. The lowest BCUT2D eigenvalue weighted by molar-refractivity contribution is -0.142. The second-order valence-corrected chi connectivity index (χ2v) is 7.51. The number of ether oxygens (including phenoxy) is 1. The molecule has 0 aromatic carbocycles. The Morgan fingerprint density at radius 3 is 2.12 bits per heavy atom. The molecular weight excluding hydrogens is 326 g/mol. The van der Waals surface area contributed by atoms with Crippen molar-refractivity contribution >= 4 is 18.0 Å². The minimum absolute atomic E-state index is 0.131. The number of alkyl carbamates (subject to hydrolysis) is 1. The maximum Gasteiger partial charge on any atom is 0.408 e. The van der Waals surface area contributed by atoms with E-state index in [0.717, 1.165) is 0 Å². The quantitative estimate of drug-likeness (QED) is 0.438. The van der Waals surface area contributed by atoms with Gasteiger partial charge in [-0.05, 0) is 58.9 Å². The average Bonchev–Trinajstić information content (AvgIpc) is 2.42. The maximum absolute atomic E-state index is 12.5. The fourth-order valence-corrected chi connectivity index (χ4v) is 2.18. The second kappa shape index (κ2) is 10.9. The Labute approximate surface area is 149 Å². The Hall–Kier alpha value is -1.83. The van der Waals surface area contributed by atoms with Gasteiger partial charge in [-0.3, -0.25) is 4.79 Å². The van der Waals surface area contributed by atoms with Crippen LogP contribution < -0.4 is 16.4 Å². The van der Waals surface area contributed by atoms with Crippen LogP contribution in [0.3, 0.4) is 0 Å². The second-order valence-electron chi connectivity index (χ2n) is 7.51. The monoisotopic (exact) mass is 359 g/mol. The van der Waals surface area contributed by atoms with Crippen molar-refractivity contribution in [2.24, 2.45) is 11.7 Å². The molecule has 0 heterocycles. The molecule has 0 spiro atoms. The van der Waals surface area contributed by atoms with E-state index in [1.807, 2.05) is 13.8 Å². The van der Waals surface area contributed by atoms with E-state index < -0.39 is 35.7 Å². The SMILES string of the molecule is CC(C)C[C@H](NC(=O)OC(C)(C)C)C(=O)N[C@@H](CCCCN)C(=O)O. The summed E-state index contributed by atoms with van der Waals surface area (Å²) in [6.45, 7) is 9.46. The molecular formula is C17H33N3O5. The van der Waals surface area contributed by atoms with Gasteiger partial charge in [0.15, 0.2) is 0 Å². The van der Waals surface area contributed by atoms with Gasteiger partial charge in [-0.15, -0.1) is 0 Å². The number of nitrogens with two attached hydrogens (primary N) is 1. The summed E-state index contributed by atoms with van der Waals surface area (Å²) in [5.74, 6) is -1.50. The van der Waals surface area contributed by atoms with Crippen molar-refractivity contribution in [1.29, 1.82) is 0 Å². The van der Waals surface area contributed by atoms with E-state index in [0.29, 0.717) is 32.2 Å². The van der Waals surface area contributed by atoms with Crippen LogP contribution in [0.5, 0.6) is 0 Å². The lowest BCUT2D eigenvalue weighted by atomic mass is 10.0. The summed E-state index contributed by atoms with van der Waals surface area (Å²) in [6, 6.07) is -1.86. The standard InChI is InChI=1S/C17H33N3O5/c1-11(2)10-13(20-16(24)25-17(3,4)5)14(21)19-12(15(22)23)8-6-7-9-18/h11-13H,6-10,18H2,1-5H3,(H,19,21)(H,20,24)(H,22,23)/t12-,13-/m0/s1. The number of hydrogen-bond acceptors (Lipinski definition) is 5. The largest absolute Gasteiger partial charge is 0.480 e. The predicted octanol–water partition coefficient (Wildman–Crippen LogP) is 1.62. The van der Waals surface area contributed by atoms with Crippen LogP contribution in [0.15, 0.2) is 0 Å². The van der Waals surface area contributed by atoms with Crippen LogP contribution in [0, 0.1) is 5.92 Å². The molecule has 0 saturated heterocycles. The number of hydrogen-bond donors (Lipinski definition) is 4. The number of aliphatic carboxylic acids is 1. The summed E-state index contributed by atoms with van der Waals surface area (Å²) in [5, 5.41) is 14.3. The van der Waals surface area contributed by atoms with Crippen LogP contribution in [-0.4, -0.2) is 47.3 Å². The number of carboxylic acid groups (broad SMARTS) is 1. The molecule has 0 unspecified atom stereocenters. The number of carbonyl (C=O) groups is 3. The molecule has 0 saturated carbocycles. The molecule has 0 radical (unpaired) electrons. The number of nitrogens with one attached hydrogen (secondary N) is 2. The van der Waals surface area contributed by atoms with Crippen molar-refractivity contribution in [3.63, 3.8) is 0 Å². The first-order chi connectivity index (χ1) is 11.5. The fourth-order valence-electron chi connectivity index (χ4n) is 2.18. The molecule has 5 N–H and O–H groups in total. The Kier molecular flexibility index (Phi) is 10.1. The van der Waals surface area contributed by atoms with Crippen molar-refractivity contribution in [2.45, 2.75) is 78.0 Å². The summed E-state index contributed by atoms with van der Waals surface area (Å²) in [6.07, 6.45) is 1.25. The number of carboxylic acids is 1. The summed E-state index contributed by atoms with van der Waals surface area (Å²) in [4.78, 5) is 35.7. The molecule has 0 aromatic heterocycles. The van der Waals surface area contributed by atoms with E-state index in [-0.39, 0.29) is 5.92 Å². The van der Waals surface area contributed by atoms with Crippen molar-refractivity contribution < 1.29 is 24.2 Å². The Morgan fingerprint density at radius 1 is 1.08 bits per heavy atom. The van der Waals surface area contributed by atoms with Gasteiger partial charge in [-0.2, -0.15) is 0 Å². The summed E-state index contributed by atoms with van der Waals surface area (Å²) >= 11 is 0. The van der Waals surface area contributed by atoms with Gasteiger partial charge in [-0.1, -0.05) is 13.8 Å². The van der Waals surface area contributed by atoms with E-state index in [1.165, 1.54) is 0 Å². The van der Waals surface area contributed by atoms with Gasteiger partial charge in [0.1, 0.15) is 17.7 Å². The van der Waals surface area contributed by atoms with Crippen LogP contribution in [0.4, 0.5) is 4.79 Å². The minimum atomic E-state index is -1.11. The van der Waals surface area contributed by atoms with Crippen molar-refractivity contribution in [1.82, 2.24) is 10.6 Å². The molecule has 0 bridgehead atoms. The van der Waals surface area contributed by atoms with Crippen LogP contribution in [0.2, 0.25) is 0 Å². The lowest BCUT2D eigenvalue weighted by Crippen LogP contribution is -2.52. The number of amides is 2. The minimum Gasteiger partial charge on any atom is -0.480 e. The molecule has 0 fully saturated rings. The molecule has 0 aliphatic heterocycles. The highest BCUT2D eigenvalue weighted by Gasteiger charge is 2.28. The number of carbonyl (C=O) groups excluding carboxylic acids is 2. The van der Waals surface area contributed by atoms with Gasteiger partial charge >= 0.3 is 12.1 Å². The van der Waals surface area contributed by atoms with Gasteiger partial charge in [0, 0.05) is 0 Å². The van der Waals surface area contributed by atoms with E-state index in [9.17, 15) is 19.5 Å². The maximum atomic E-state index is 12.5. The topological polar surface area (TPSA) is 131 Å². The zero-order valence-corrected chi connectivity index (χ0v) is 15.9. The van der Waals surface area contributed by atoms with Gasteiger partial charge in [-0.25, -0.2) is 9.59 Å². The third-order valence-electron chi connectivity index (χ3n) is 3.28. The summed E-state index contributed by atoms with van der Waals surface area (Å²) in [7, 11) is 0. The third kappa shape index (κ3) is 11.4. The number of rotatable bonds is 10. The van der Waals surface area contributed by atoms with Gasteiger partial charge in [0.05, 0.1) is 0 Å². The third-order valence-corrected chi connectivity index (χ3v) is 3.28. The predicted molar refractivity (Wildman–Crippen MR) is 95.1 cm³/mol. The van der Waals surface area contributed by atoms with Crippen LogP contribution in [0.25, 0.3) is 0 Å². The molecule has 0 aromatic rings. The van der Waals surface area contributed by atoms with Crippen LogP contribution in [0.1, 0.15) is 60.3 Å². The Morgan fingerprint density at radius 2 is 1.68 bits per heavy atom. The zero-order valence-electron chi connectivity index (χ0n) is 15.9. The highest BCUT2D eigenvalue weighted by atomic mass is 16.6. The molecule has 2 amide bonds. The first-order valence-corrected chi connectivity index (χ1v) is 8.69. The Bertz CT molecular complexity index is 446. The zero-order chi connectivity index (χ0) is 19.6. The molecule has 0 aliphatic rings. The molecule has 25 heavy (non-hydrogen) atoms. The van der Waals surface area contributed by atoms with E-state index >= 15 is 0 Å². The highest BCUT2D eigenvalue weighted by molar-refractivity contribution is 5.89. The molecule has 2 atom stereocenters. The lowest BCUT2D eigenvalue weighted by Gasteiger charge is -2.25. The summed E-state index contributed by atoms with van der Waals surface area (Å²) in [5.41, 5.74) is 4.72.